The monoisotopic (exact) mass is 606 g/mol. The van der Waals surface area contributed by atoms with Crippen LogP contribution >= 0.6 is 0 Å². The summed E-state index contributed by atoms with van der Waals surface area (Å²) in [4.78, 5) is 25.3. The molecule has 12 heteroatoms. The summed E-state index contributed by atoms with van der Waals surface area (Å²) in [6, 6.07) is 16.7. The van der Waals surface area contributed by atoms with Crippen molar-refractivity contribution in [3.63, 3.8) is 0 Å². The predicted octanol–water partition coefficient (Wildman–Crippen LogP) is 6.83. The Bertz CT molecular complexity index is 1630. The molecule has 9 nitrogen and oxygen atoms in total. The van der Waals surface area contributed by atoms with Crippen LogP contribution in [-0.2, 0) is 11.0 Å². The highest BCUT2D eigenvalue weighted by molar-refractivity contribution is 6.02. The molecule has 0 bridgehead atoms. The molecule has 0 atom stereocenters. The van der Waals surface area contributed by atoms with Gasteiger partial charge >= 0.3 is 6.18 Å². The van der Waals surface area contributed by atoms with Gasteiger partial charge in [0.2, 0.25) is 11.9 Å². The molecule has 4 rings (SSSR count). The fourth-order valence-corrected chi connectivity index (χ4v) is 4.23. The molecule has 44 heavy (non-hydrogen) atoms. The van der Waals surface area contributed by atoms with Gasteiger partial charge in [-0.1, -0.05) is 24.8 Å². The number of alkyl halides is 3. The van der Waals surface area contributed by atoms with Crippen LogP contribution in [-0.4, -0.2) is 62.1 Å². The number of nitrogens with zero attached hydrogens (tertiary/aromatic N) is 4. The number of ether oxygens (including phenoxy) is 2. The van der Waals surface area contributed by atoms with Crippen LogP contribution in [0.15, 0.2) is 85.6 Å². The summed E-state index contributed by atoms with van der Waals surface area (Å²) < 4.78 is 51.3. The first-order valence-electron chi connectivity index (χ1n) is 13.5. The molecule has 4 aromatic rings. The summed E-state index contributed by atoms with van der Waals surface area (Å²) in [5, 5.41) is 6.01. The Morgan fingerprint density at radius 2 is 1.75 bits per heavy atom. The number of methoxy groups -OCH3 is 1. The van der Waals surface area contributed by atoms with E-state index in [4.69, 9.17) is 9.47 Å². The molecule has 3 aromatic carbocycles. The van der Waals surface area contributed by atoms with Crippen LogP contribution in [0.2, 0.25) is 0 Å². The number of carbonyl (C=O) groups excluding carboxylic acids is 1. The minimum absolute atomic E-state index is 0.0363. The molecule has 0 saturated carbocycles. The van der Waals surface area contributed by atoms with E-state index in [9.17, 15) is 18.0 Å². The van der Waals surface area contributed by atoms with Crippen molar-refractivity contribution in [3.8, 4) is 28.5 Å². The molecule has 0 aliphatic heterocycles. The number of likely N-dealkylation sites (N-methyl/N-ethyl adjacent to an activating group) is 2. The van der Waals surface area contributed by atoms with Gasteiger partial charge in [0.1, 0.15) is 17.2 Å². The van der Waals surface area contributed by atoms with Crippen molar-refractivity contribution in [2.75, 3.05) is 56.9 Å². The zero-order chi connectivity index (χ0) is 31.9. The lowest BCUT2D eigenvalue weighted by Crippen LogP contribution is -2.29. The standard InChI is InChI=1S/C32H33F3N6O3/c1-6-30(42)37-25-19-26(29(43-5)20-27(25)41(4)17-16-40(2)3)39-31-36-15-14-24(38-31)23-12-7-8-13-28(23)44-22-11-9-10-21(18-22)32(33,34)35/h6-15,18-20H,1,16-17H2,2-5H3,(H,37,42)(H,36,38,39). The van der Waals surface area contributed by atoms with Gasteiger partial charge in [-0.25, -0.2) is 9.97 Å². The number of rotatable bonds is 12. The van der Waals surface area contributed by atoms with Crippen LogP contribution in [0.5, 0.6) is 17.2 Å². The number of anilines is 4. The van der Waals surface area contributed by atoms with Gasteiger partial charge < -0.3 is 29.9 Å². The van der Waals surface area contributed by atoms with Crippen LogP contribution < -0.4 is 25.0 Å². The SMILES string of the molecule is C=CC(=O)Nc1cc(Nc2nccc(-c3ccccc3Oc3cccc(C(F)(F)F)c3)n2)c(OC)cc1N(C)CCN(C)C. The lowest BCUT2D eigenvalue weighted by atomic mass is 10.1. The topological polar surface area (TPSA) is 91.8 Å². The van der Waals surface area contributed by atoms with Gasteiger partial charge in [-0.15, -0.1) is 0 Å². The van der Waals surface area contributed by atoms with E-state index in [0.29, 0.717) is 40.7 Å². The van der Waals surface area contributed by atoms with Crippen LogP contribution in [0, 0.1) is 0 Å². The molecule has 0 aliphatic carbocycles. The zero-order valence-electron chi connectivity index (χ0n) is 24.8. The Labute approximate surface area is 254 Å². The van der Waals surface area contributed by atoms with E-state index in [0.717, 1.165) is 24.4 Å². The Balaban J connectivity index is 1.66. The Hall–Kier alpha value is -5.10. The number of nitrogens with one attached hydrogen (secondary N) is 2. The molecule has 0 aliphatic rings. The maximum Gasteiger partial charge on any atom is 0.416 e. The lowest BCUT2D eigenvalue weighted by Gasteiger charge is -2.26. The summed E-state index contributed by atoms with van der Waals surface area (Å²) in [6.45, 7) is 5.02. The second-order valence-electron chi connectivity index (χ2n) is 10.0. The molecule has 0 saturated heterocycles. The summed E-state index contributed by atoms with van der Waals surface area (Å²) in [5.74, 6) is 0.668. The smallest absolute Gasteiger partial charge is 0.416 e. The number of halogens is 3. The van der Waals surface area contributed by atoms with Gasteiger partial charge in [-0.3, -0.25) is 4.79 Å². The third kappa shape index (κ3) is 8.04. The molecule has 0 spiro atoms. The normalized spacial score (nSPS) is 11.2. The first-order chi connectivity index (χ1) is 21.0. The fraction of sp³-hybridized carbons (Fsp3) is 0.219. The predicted molar refractivity (Wildman–Crippen MR) is 166 cm³/mol. The fourth-order valence-electron chi connectivity index (χ4n) is 4.23. The number of benzene rings is 3. The Morgan fingerprint density at radius 3 is 2.45 bits per heavy atom. The summed E-state index contributed by atoms with van der Waals surface area (Å²) in [6.07, 6.45) is -1.77. The van der Waals surface area contributed by atoms with Crippen LogP contribution in [0.25, 0.3) is 11.3 Å². The largest absolute Gasteiger partial charge is 0.494 e. The molecule has 0 unspecified atom stereocenters. The van der Waals surface area contributed by atoms with Crippen LogP contribution in [0.4, 0.5) is 36.2 Å². The molecular formula is C32H33F3N6O3. The number of carbonyl (C=O) groups is 1. The number of hydrogen-bond acceptors (Lipinski definition) is 8. The number of para-hydroxylation sites is 1. The number of aromatic nitrogens is 2. The number of amides is 1. The van der Waals surface area contributed by atoms with E-state index in [2.05, 4.69) is 32.1 Å². The second kappa shape index (κ2) is 13.9. The highest BCUT2D eigenvalue weighted by Gasteiger charge is 2.30. The van der Waals surface area contributed by atoms with Gasteiger partial charge in [-0.05, 0) is 62.6 Å². The van der Waals surface area contributed by atoms with E-state index in [1.165, 1.54) is 25.3 Å². The molecule has 1 heterocycles. The first kappa shape index (κ1) is 31.8. The van der Waals surface area contributed by atoms with Crippen LogP contribution in [0.1, 0.15) is 5.56 Å². The van der Waals surface area contributed by atoms with Crippen molar-refractivity contribution in [2.24, 2.45) is 0 Å². The molecular weight excluding hydrogens is 573 g/mol. The first-order valence-corrected chi connectivity index (χ1v) is 13.5. The van der Waals surface area contributed by atoms with E-state index >= 15 is 0 Å². The number of hydrogen-bond donors (Lipinski definition) is 2. The van der Waals surface area contributed by atoms with Gasteiger partial charge in [0, 0.05) is 38.0 Å². The third-order valence-corrected chi connectivity index (χ3v) is 6.51. The van der Waals surface area contributed by atoms with Gasteiger partial charge in [0.25, 0.3) is 0 Å². The van der Waals surface area contributed by atoms with E-state index in [1.807, 2.05) is 26.0 Å². The van der Waals surface area contributed by atoms with Gasteiger partial charge in [0.05, 0.1) is 35.4 Å². The molecule has 1 aromatic heterocycles. The second-order valence-corrected chi connectivity index (χ2v) is 10.0. The Morgan fingerprint density at radius 1 is 0.977 bits per heavy atom. The zero-order valence-corrected chi connectivity index (χ0v) is 24.8. The molecule has 1 amide bonds. The summed E-state index contributed by atoms with van der Waals surface area (Å²) in [7, 11) is 7.41. The molecule has 0 fully saturated rings. The molecule has 0 radical (unpaired) electrons. The summed E-state index contributed by atoms with van der Waals surface area (Å²) >= 11 is 0. The minimum Gasteiger partial charge on any atom is -0.494 e. The molecule has 2 N–H and O–H groups in total. The maximum atomic E-state index is 13.2. The third-order valence-electron chi connectivity index (χ3n) is 6.51. The highest BCUT2D eigenvalue weighted by Crippen LogP contribution is 2.39. The van der Waals surface area contributed by atoms with Crippen molar-refractivity contribution in [3.05, 3.63) is 91.1 Å². The highest BCUT2D eigenvalue weighted by atomic mass is 19.4. The van der Waals surface area contributed by atoms with Crippen molar-refractivity contribution in [1.29, 1.82) is 0 Å². The Kier molecular flexibility index (Phi) is 10.1. The van der Waals surface area contributed by atoms with Crippen LogP contribution in [0.3, 0.4) is 0 Å². The van der Waals surface area contributed by atoms with Gasteiger partial charge in [-0.2, -0.15) is 13.2 Å². The average molecular weight is 607 g/mol. The quantitative estimate of drug-likeness (QED) is 0.170. The average Bonchev–Trinajstić information content (AvgIpc) is 3.00. The van der Waals surface area contributed by atoms with Crippen molar-refractivity contribution in [1.82, 2.24) is 14.9 Å². The van der Waals surface area contributed by atoms with Crippen molar-refractivity contribution in [2.45, 2.75) is 6.18 Å². The summed E-state index contributed by atoms with van der Waals surface area (Å²) in [5.41, 5.74) is 1.94. The minimum atomic E-state index is -4.50. The van der Waals surface area contributed by atoms with E-state index in [1.54, 1.807) is 48.7 Å². The molecule has 230 valence electrons. The van der Waals surface area contributed by atoms with Crippen molar-refractivity contribution >= 4 is 28.9 Å². The van der Waals surface area contributed by atoms with E-state index in [-0.39, 0.29) is 17.6 Å². The maximum absolute atomic E-state index is 13.2. The van der Waals surface area contributed by atoms with E-state index < -0.39 is 11.7 Å². The van der Waals surface area contributed by atoms with Gasteiger partial charge in [0.15, 0.2) is 0 Å². The van der Waals surface area contributed by atoms with Crippen molar-refractivity contribution < 1.29 is 27.4 Å². The lowest BCUT2D eigenvalue weighted by molar-refractivity contribution is -0.137.